The van der Waals surface area contributed by atoms with Crippen LogP contribution in [0.3, 0.4) is 0 Å². The molecule has 0 aliphatic heterocycles. The first-order valence-electron chi connectivity index (χ1n) is 3.48. The number of ether oxygens (including phenoxy) is 1. The van der Waals surface area contributed by atoms with E-state index in [1.807, 2.05) is 0 Å². The van der Waals surface area contributed by atoms with Gasteiger partial charge in [0, 0.05) is 5.56 Å². The van der Waals surface area contributed by atoms with Crippen LogP contribution in [-0.2, 0) is 0 Å². The van der Waals surface area contributed by atoms with Crippen molar-refractivity contribution >= 4 is 0 Å². The van der Waals surface area contributed by atoms with E-state index in [1.165, 1.54) is 6.92 Å². The zero-order chi connectivity index (χ0) is 10.9. The Labute approximate surface area is 75.9 Å². The Hall–Kier alpha value is -1.66. The summed E-state index contributed by atoms with van der Waals surface area (Å²) < 4.78 is 38.6. The fraction of sp³-hybridized carbons (Fsp3) is 0.286. The van der Waals surface area contributed by atoms with Gasteiger partial charge < -0.3 is 9.84 Å². The van der Waals surface area contributed by atoms with Crippen molar-refractivity contribution in [2.24, 2.45) is 0 Å². The molecule has 2 N–H and O–H groups in total. The standard InChI is InChI=1S/C7H6F3NO3/c1-3-2-4(14-7(8,9)10)6(13)11-5(3)12/h2H,1H3,(H2,11,12,13). The SMILES string of the molecule is Cc1cc(OC(F)(F)F)c(=O)[nH]c1O. The average molecular weight is 209 g/mol. The van der Waals surface area contributed by atoms with Crippen LogP contribution >= 0.6 is 0 Å². The molecule has 14 heavy (non-hydrogen) atoms. The number of nitrogens with one attached hydrogen (secondary N) is 1. The molecule has 0 amide bonds. The van der Waals surface area contributed by atoms with E-state index in [4.69, 9.17) is 5.11 Å². The van der Waals surface area contributed by atoms with Gasteiger partial charge in [0.25, 0.3) is 5.56 Å². The molecule has 1 aromatic heterocycles. The van der Waals surface area contributed by atoms with E-state index in [0.717, 1.165) is 6.07 Å². The molecule has 1 rings (SSSR count). The molecule has 0 aliphatic rings. The summed E-state index contributed by atoms with van der Waals surface area (Å²) in [5, 5.41) is 8.93. The predicted octanol–water partition coefficient (Wildman–Crippen LogP) is 1.29. The van der Waals surface area contributed by atoms with Gasteiger partial charge in [-0.3, -0.25) is 9.78 Å². The van der Waals surface area contributed by atoms with Crippen LogP contribution in [0.5, 0.6) is 11.6 Å². The zero-order valence-electron chi connectivity index (χ0n) is 6.97. The average Bonchev–Trinajstić information content (AvgIpc) is 1.97. The first kappa shape index (κ1) is 10.4. The summed E-state index contributed by atoms with van der Waals surface area (Å²) in [6, 6.07) is 0.807. The first-order valence-corrected chi connectivity index (χ1v) is 3.48. The highest BCUT2D eigenvalue weighted by Crippen LogP contribution is 2.21. The number of hydrogen-bond donors (Lipinski definition) is 2. The summed E-state index contributed by atoms with van der Waals surface area (Å²) >= 11 is 0. The Bertz CT molecular complexity index is 396. The second-order valence-electron chi connectivity index (χ2n) is 2.54. The van der Waals surface area contributed by atoms with Crippen LogP contribution in [0.1, 0.15) is 5.56 Å². The molecule has 0 radical (unpaired) electrons. The summed E-state index contributed by atoms with van der Waals surface area (Å²) in [5.74, 6) is -1.38. The molecule has 0 fully saturated rings. The van der Waals surface area contributed by atoms with Crippen LogP contribution in [0.15, 0.2) is 10.9 Å². The molecule has 0 bridgehead atoms. The van der Waals surface area contributed by atoms with E-state index in [2.05, 4.69) is 4.74 Å². The maximum Gasteiger partial charge on any atom is 0.573 e. The molecule has 0 saturated carbocycles. The van der Waals surface area contributed by atoms with Gasteiger partial charge in [0.05, 0.1) is 0 Å². The van der Waals surface area contributed by atoms with Crippen LogP contribution in [-0.4, -0.2) is 16.5 Å². The molecule has 4 nitrogen and oxygen atoms in total. The van der Waals surface area contributed by atoms with Crippen molar-refractivity contribution in [1.29, 1.82) is 0 Å². The topological polar surface area (TPSA) is 62.3 Å². The number of aromatic amines is 1. The third-order valence-electron chi connectivity index (χ3n) is 1.40. The Morgan fingerprint density at radius 2 is 2.07 bits per heavy atom. The Balaban J connectivity index is 3.11. The fourth-order valence-electron chi connectivity index (χ4n) is 0.799. The van der Waals surface area contributed by atoms with Gasteiger partial charge in [-0.25, -0.2) is 0 Å². The van der Waals surface area contributed by atoms with E-state index in [9.17, 15) is 18.0 Å². The van der Waals surface area contributed by atoms with Gasteiger partial charge >= 0.3 is 6.36 Å². The van der Waals surface area contributed by atoms with Crippen molar-refractivity contribution in [1.82, 2.24) is 4.98 Å². The number of aryl methyl sites for hydroxylation is 1. The van der Waals surface area contributed by atoms with Crippen molar-refractivity contribution in [3.05, 3.63) is 22.0 Å². The van der Waals surface area contributed by atoms with Crippen LogP contribution in [0.2, 0.25) is 0 Å². The van der Waals surface area contributed by atoms with E-state index in [0.29, 0.717) is 0 Å². The second kappa shape index (κ2) is 3.24. The molecular weight excluding hydrogens is 203 g/mol. The molecular formula is C7H6F3NO3. The molecule has 0 spiro atoms. The summed E-state index contributed by atoms with van der Waals surface area (Å²) in [6.45, 7) is 1.33. The number of rotatable bonds is 1. The van der Waals surface area contributed by atoms with E-state index in [1.54, 1.807) is 4.98 Å². The third-order valence-corrected chi connectivity index (χ3v) is 1.40. The Kier molecular flexibility index (Phi) is 2.41. The molecule has 0 unspecified atom stereocenters. The molecule has 0 saturated heterocycles. The summed E-state index contributed by atoms with van der Waals surface area (Å²) in [5.41, 5.74) is -1.05. The van der Waals surface area contributed by atoms with Gasteiger partial charge in [-0.15, -0.1) is 13.2 Å². The number of halogens is 3. The lowest BCUT2D eigenvalue weighted by Crippen LogP contribution is -2.22. The molecule has 1 aromatic rings. The lowest BCUT2D eigenvalue weighted by Gasteiger charge is -2.08. The summed E-state index contributed by atoms with van der Waals surface area (Å²) in [4.78, 5) is 12.6. The maximum absolute atomic E-state index is 11.7. The quantitative estimate of drug-likeness (QED) is 0.732. The molecule has 0 atom stereocenters. The monoisotopic (exact) mass is 209 g/mol. The highest BCUT2D eigenvalue weighted by atomic mass is 19.4. The lowest BCUT2D eigenvalue weighted by atomic mass is 10.3. The van der Waals surface area contributed by atoms with E-state index in [-0.39, 0.29) is 5.56 Å². The second-order valence-corrected chi connectivity index (χ2v) is 2.54. The van der Waals surface area contributed by atoms with Crippen molar-refractivity contribution in [2.75, 3.05) is 0 Å². The minimum Gasteiger partial charge on any atom is -0.494 e. The fourth-order valence-corrected chi connectivity index (χ4v) is 0.799. The first-order chi connectivity index (χ1) is 6.29. The van der Waals surface area contributed by atoms with Crippen LogP contribution < -0.4 is 10.3 Å². The maximum atomic E-state index is 11.7. The van der Waals surface area contributed by atoms with Gasteiger partial charge in [-0.1, -0.05) is 0 Å². The minimum atomic E-state index is -4.92. The molecule has 7 heteroatoms. The highest BCUT2D eigenvalue weighted by Gasteiger charge is 2.32. The number of pyridine rings is 1. The van der Waals surface area contributed by atoms with E-state index >= 15 is 0 Å². The third kappa shape index (κ3) is 2.41. The number of hydrogen-bond acceptors (Lipinski definition) is 3. The number of aromatic nitrogens is 1. The summed E-state index contributed by atoms with van der Waals surface area (Å²) in [6.07, 6.45) is -4.92. The van der Waals surface area contributed by atoms with E-state index < -0.39 is 23.6 Å². The Morgan fingerprint density at radius 3 is 2.57 bits per heavy atom. The summed E-state index contributed by atoms with van der Waals surface area (Å²) in [7, 11) is 0. The molecule has 1 heterocycles. The number of alkyl halides is 3. The van der Waals surface area contributed by atoms with Gasteiger partial charge in [0.15, 0.2) is 11.6 Å². The predicted molar refractivity (Wildman–Crippen MR) is 40.1 cm³/mol. The molecule has 0 aliphatic carbocycles. The normalized spacial score (nSPS) is 11.4. The van der Waals surface area contributed by atoms with Gasteiger partial charge in [-0.2, -0.15) is 0 Å². The number of aromatic hydroxyl groups is 1. The van der Waals surface area contributed by atoms with Gasteiger partial charge in [0.1, 0.15) is 0 Å². The highest BCUT2D eigenvalue weighted by molar-refractivity contribution is 5.31. The van der Waals surface area contributed by atoms with Crippen LogP contribution in [0, 0.1) is 6.92 Å². The minimum absolute atomic E-state index is 0.0869. The molecule has 0 aromatic carbocycles. The van der Waals surface area contributed by atoms with Crippen molar-refractivity contribution in [3.63, 3.8) is 0 Å². The van der Waals surface area contributed by atoms with Crippen molar-refractivity contribution < 1.29 is 23.0 Å². The largest absolute Gasteiger partial charge is 0.573 e. The van der Waals surface area contributed by atoms with Crippen LogP contribution in [0.25, 0.3) is 0 Å². The van der Waals surface area contributed by atoms with Crippen molar-refractivity contribution in [3.8, 4) is 11.6 Å². The van der Waals surface area contributed by atoms with Crippen LogP contribution in [0.4, 0.5) is 13.2 Å². The van der Waals surface area contributed by atoms with Gasteiger partial charge in [-0.05, 0) is 13.0 Å². The van der Waals surface area contributed by atoms with Crippen molar-refractivity contribution in [2.45, 2.75) is 13.3 Å². The molecule has 78 valence electrons. The smallest absolute Gasteiger partial charge is 0.494 e. The lowest BCUT2D eigenvalue weighted by molar-refractivity contribution is -0.275. The Morgan fingerprint density at radius 1 is 1.50 bits per heavy atom. The number of H-pyrrole nitrogens is 1. The van der Waals surface area contributed by atoms with Gasteiger partial charge in [0.2, 0.25) is 0 Å². The zero-order valence-corrected chi connectivity index (χ0v) is 6.97.